The number of nitrogen functional groups attached to an aromatic ring is 1. The van der Waals surface area contributed by atoms with Crippen molar-refractivity contribution in [2.75, 3.05) is 5.73 Å². The van der Waals surface area contributed by atoms with Gasteiger partial charge in [-0.25, -0.2) is 4.39 Å². The number of rotatable bonds is 3. The summed E-state index contributed by atoms with van der Waals surface area (Å²) in [5, 5.41) is 0.749. The van der Waals surface area contributed by atoms with Crippen molar-refractivity contribution >= 4 is 17.4 Å². The van der Waals surface area contributed by atoms with Gasteiger partial charge in [0, 0.05) is 11.0 Å². The predicted octanol–water partition coefficient (Wildman–Crippen LogP) is 4.22. The van der Waals surface area contributed by atoms with E-state index in [0.717, 1.165) is 22.5 Å². The van der Waals surface area contributed by atoms with E-state index >= 15 is 0 Å². The van der Waals surface area contributed by atoms with Crippen molar-refractivity contribution in [3.63, 3.8) is 0 Å². The molecule has 0 aliphatic heterocycles. The second-order valence-corrected chi connectivity index (χ2v) is 6.35. The van der Waals surface area contributed by atoms with Crippen LogP contribution < -0.4 is 5.73 Å². The van der Waals surface area contributed by atoms with Crippen molar-refractivity contribution < 1.29 is 4.39 Å². The average Bonchev–Trinajstić information content (AvgIpc) is 2.31. The molecule has 0 radical (unpaired) electrons. The van der Waals surface area contributed by atoms with Crippen molar-refractivity contribution in [3.05, 3.63) is 29.6 Å². The Bertz CT molecular complexity index is 380. The number of halogens is 1. The van der Waals surface area contributed by atoms with Crippen LogP contribution in [0.5, 0.6) is 0 Å². The number of hydrogen-bond donors (Lipinski definition) is 1. The number of benzene rings is 1. The molecule has 0 spiro atoms. The molecule has 94 valence electrons. The van der Waals surface area contributed by atoms with Gasteiger partial charge in [0.2, 0.25) is 0 Å². The van der Waals surface area contributed by atoms with E-state index in [2.05, 4.69) is 6.92 Å². The van der Waals surface area contributed by atoms with Crippen LogP contribution in [0.3, 0.4) is 0 Å². The first-order chi connectivity index (χ1) is 8.15. The Balaban J connectivity index is 1.86. The lowest BCUT2D eigenvalue weighted by atomic mass is 9.91. The van der Waals surface area contributed by atoms with Crippen molar-refractivity contribution in [2.45, 2.75) is 43.6 Å². The summed E-state index contributed by atoms with van der Waals surface area (Å²) >= 11 is 1.96. The summed E-state index contributed by atoms with van der Waals surface area (Å²) in [4.78, 5) is 0. The van der Waals surface area contributed by atoms with Gasteiger partial charge in [0.15, 0.2) is 0 Å². The number of thioether (sulfide) groups is 1. The van der Waals surface area contributed by atoms with Gasteiger partial charge in [-0.2, -0.15) is 11.8 Å². The molecule has 1 aliphatic rings. The van der Waals surface area contributed by atoms with Gasteiger partial charge in [-0.3, -0.25) is 0 Å². The van der Waals surface area contributed by atoms with Crippen molar-refractivity contribution in [1.82, 2.24) is 0 Å². The second kappa shape index (κ2) is 5.76. The van der Waals surface area contributed by atoms with Crippen LogP contribution in [-0.2, 0) is 5.75 Å². The fourth-order valence-corrected chi connectivity index (χ4v) is 3.81. The molecule has 2 N–H and O–H groups in total. The summed E-state index contributed by atoms with van der Waals surface area (Å²) < 4.78 is 13.3. The van der Waals surface area contributed by atoms with Crippen LogP contribution in [-0.4, -0.2) is 5.25 Å². The minimum absolute atomic E-state index is 0.241. The Labute approximate surface area is 107 Å². The Hall–Kier alpha value is -0.700. The summed E-state index contributed by atoms with van der Waals surface area (Å²) in [6.07, 6.45) is 5.33. The number of nitrogens with two attached hydrogens (primary N) is 1. The minimum Gasteiger partial charge on any atom is -0.396 e. The van der Waals surface area contributed by atoms with Gasteiger partial charge in [0.1, 0.15) is 5.82 Å². The van der Waals surface area contributed by atoms with Crippen LogP contribution in [0.4, 0.5) is 10.1 Å². The van der Waals surface area contributed by atoms with Crippen LogP contribution in [0.2, 0.25) is 0 Å². The molecule has 0 heterocycles. The zero-order valence-electron chi connectivity index (χ0n) is 10.3. The zero-order valence-corrected chi connectivity index (χ0v) is 11.1. The Morgan fingerprint density at radius 1 is 1.41 bits per heavy atom. The van der Waals surface area contributed by atoms with Crippen LogP contribution >= 0.6 is 11.8 Å². The van der Waals surface area contributed by atoms with E-state index in [4.69, 9.17) is 5.73 Å². The number of anilines is 1. The first-order valence-corrected chi connectivity index (χ1v) is 7.35. The highest BCUT2D eigenvalue weighted by Gasteiger charge is 2.19. The predicted molar refractivity (Wildman–Crippen MR) is 73.5 cm³/mol. The second-order valence-electron chi connectivity index (χ2n) is 5.06. The zero-order chi connectivity index (χ0) is 12.3. The standard InChI is InChI=1S/C14H20FNS/c1-10-3-2-4-12(7-10)17-9-11-5-6-14(16)13(15)8-11/h5-6,8,10,12H,2-4,7,9,16H2,1H3. The van der Waals surface area contributed by atoms with Crippen LogP contribution in [0.1, 0.15) is 38.2 Å². The monoisotopic (exact) mass is 253 g/mol. The highest BCUT2D eigenvalue weighted by atomic mass is 32.2. The third kappa shape index (κ3) is 3.63. The number of hydrogen-bond acceptors (Lipinski definition) is 2. The molecule has 1 fully saturated rings. The molecule has 2 rings (SSSR count). The normalized spacial score (nSPS) is 24.8. The van der Waals surface area contributed by atoms with E-state index in [1.807, 2.05) is 17.8 Å². The van der Waals surface area contributed by atoms with E-state index in [1.165, 1.54) is 25.7 Å². The van der Waals surface area contributed by atoms with Gasteiger partial charge < -0.3 is 5.73 Å². The minimum atomic E-state index is -0.292. The molecule has 3 heteroatoms. The summed E-state index contributed by atoms with van der Waals surface area (Å²) in [5.74, 6) is 1.46. The van der Waals surface area contributed by atoms with Crippen LogP contribution in [0.15, 0.2) is 18.2 Å². The van der Waals surface area contributed by atoms with Gasteiger partial charge in [-0.05, 0) is 36.5 Å². The smallest absolute Gasteiger partial charge is 0.146 e. The van der Waals surface area contributed by atoms with E-state index in [0.29, 0.717) is 0 Å². The van der Waals surface area contributed by atoms with E-state index < -0.39 is 0 Å². The molecular formula is C14H20FNS. The quantitative estimate of drug-likeness (QED) is 0.816. The van der Waals surface area contributed by atoms with E-state index in [9.17, 15) is 4.39 Å². The molecule has 1 aromatic carbocycles. The molecule has 0 bridgehead atoms. The first kappa shape index (κ1) is 12.7. The molecule has 1 aromatic rings. The molecule has 1 aliphatic carbocycles. The maximum Gasteiger partial charge on any atom is 0.146 e. The maximum absolute atomic E-state index is 13.3. The third-order valence-electron chi connectivity index (χ3n) is 3.44. The molecule has 1 saturated carbocycles. The average molecular weight is 253 g/mol. The van der Waals surface area contributed by atoms with Crippen molar-refractivity contribution in [2.24, 2.45) is 5.92 Å². The summed E-state index contributed by atoms with van der Waals surface area (Å²) in [5.41, 5.74) is 6.75. The van der Waals surface area contributed by atoms with Gasteiger partial charge in [0.05, 0.1) is 5.69 Å². The van der Waals surface area contributed by atoms with Gasteiger partial charge >= 0.3 is 0 Å². The Morgan fingerprint density at radius 2 is 2.24 bits per heavy atom. The topological polar surface area (TPSA) is 26.0 Å². The largest absolute Gasteiger partial charge is 0.396 e. The highest BCUT2D eigenvalue weighted by molar-refractivity contribution is 7.99. The van der Waals surface area contributed by atoms with Gasteiger partial charge in [0.25, 0.3) is 0 Å². The van der Waals surface area contributed by atoms with Crippen LogP contribution in [0.25, 0.3) is 0 Å². The summed E-state index contributed by atoms with van der Waals surface area (Å²) in [6.45, 7) is 2.33. The van der Waals surface area contributed by atoms with Gasteiger partial charge in [-0.15, -0.1) is 0 Å². The molecule has 1 nitrogen and oxygen atoms in total. The fraction of sp³-hybridized carbons (Fsp3) is 0.571. The lowest BCUT2D eigenvalue weighted by Crippen LogP contribution is -2.15. The van der Waals surface area contributed by atoms with E-state index in [-0.39, 0.29) is 11.5 Å². The van der Waals surface area contributed by atoms with Gasteiger partial charge in [-0.1, -0.05) is 25.8 Å². The Kier molecular flexibility index (Phi) is 4.32. The van der Waals surface area contributed by atoms with Crippen molar-refractivity contribution in [1.29, 1.82) is 0 Å². The molecule has 0 saturated heterocycles. The molecular weight excluding hydrogens is 233 g/mol. The molecule has 17 heavy (non-hydrogen) atoms. The lowest BCUT2D eigenvalue weighted by molar-refractivity contribution is 0.394. The maximum atomic E-state index is 13.3. The van der Waals surface area contributed by atoms with Crippen LogP contribution in [0, 0.1) is 11.7 Å². The lowest BCUT2D eigenvalue weighted by Gasteiger charge is -2.26. The summed E-state index contributed by atoms with van der Waals surface area (Å²) in [7, 11) is 0. The molecule has 0 aromatic heterocycles. The SMILES string of the molecule is CC1CCCC(SCc2ccc(N)c(F)c2)C1. The van der Waals surface area contributed by atoms with Crippen molar-refractivity contribution in [3.8, 4) is 0 Å². The molecule has 2 atom stereocenters. The van der Waals surface area contributed by atoms with E-state index in [1.54, 1.807) is 12.1 Å². The fourth-order valence-electron chi connectivity index (χ4n) is 2.40. The molecule has 2 unspecified atom stereocenters. The highest BCUT2D eigenvalue weighted by Crippen LogP contribution is 2.33. The Morgan fingerprint density at radius 3 is 2.94 bits per heavy atom. The third-order valence-corrected chi connectivity index (χ3v) is 4.84. The molecule has 0 amide bonds. The first-order valence-electron chi connectivity index (χ1n) is 6.30. The summed E-state index contributed by atoms with van der Waals surface area (Å²) in [6, 6.07) is 5.15.